The van der Waals surface area contributed by atoms with Crippen molar-refractivity contribution in [3.05, 3.63) is 29.3 Å². The molecule has 5 N–H and O–H groups in total. The van der Waals surface area contributed by atoms with Crippen LogP contribution in [-0.4, -0.2) is 44.7 Å². The van der Waals surface area contributed by atoms with Crippen LogP contribution in [0, 0.1) is 6.92 Å². The first kappa shape index (κ1) is 16.9. The molecule has 1 amide bonds. The second-order valence-electron chi connectivity index (χ2n) is 5.71. The van der Waals surface area contributed by atoms with E-state index in [2.05, 4.69) is 10.6 Å². The van der Waals surface area contributed by atoms with Gasteiger partial charge in [-0.1, -0.05) is 6.07 Å². The number of rotatable bonds is 4. The fourth-order valence-electron chi connectivity index (χ4n) is 2.47. The Balaban J connectivity index is 2.12. The molecule has 1 saturated heterocycles. The smallest absolute Gasteiger partial charge is 0.251 e. The summed E-state index contributed by atoms with van der Waals surface area (Å²) >= 11 is 0. The molecule has 1 heterocycles. The Morgan fingerprint density at radius 1 is 1.50 bits per heavy atom. The number of sulfonamides is 1. The molecule has 7 nitrogen and oxygen atoms in total. The third-order valence-electron chi connectivity index (χ3n) is 3.81. The van der Waals surface area contributed by atoms with Gasteiger partial charge in [-0.2, -0.15) is 0 Å². The van der Waals surface area contributed by atoms with Crippen molar-refractivity contribution in [1.29, 1.82) is 0 Å². The van der Waals surface area contributed by atoms with Crippen molar-refractivity contribution in [1.82, 2.24) is 10.6 Å². The van der Waals surface area contributed by atoms with Crippen molar-refractivity contribution in [2.45, 2.75) is 30.3 Å². The van der Waals surface area contributed by atoms with Crippen LogP contribution in [0.15, 0.2) is 23.1 Å². The number of aryl methyl sites for hydroxylation is 1. The minimum absolute atomic E-state index is 0.109. The van der Waals surface area contributed by atoms with Gasteiger partial charge in [0.15, 0.2) is 0 Å². The van der Waals surface area contributed by atoms with Crippen molar-refractivity contribution in [2.24, 2.45) is 5.14 Å². The van der Waals surface area contributed by atoms with Gasteiger partial charge < -0.3 is 15.7 Å². The average Bonchev–Trinajstić information content (AvgIpc) is 2.45. The van der Waals surface area contributed by atoms with E-state index in [0.29, 0.717) is 18.5 Å². The van der Waals surface area contributed by atoms with E-state index in [4.69, 9.17) is 5.14 Å². The Kier molecular flexibility index (Phi) is 4.86. The number of nitrogens with one attached hydrogen (secondary N) is 2. The van der Waals surface area contributed by atoms with Gasteiger partial charge in [0, 0.05) is 18.7 Å². The summed E-state index contributed by atoms with van der Waals surface area (Å²) < 4.78 is 22.7. The summed E-state index contributed by atoms with van der Waals surface area (Å²) in [6.07, 6.45) is 1.45. The Morgan fingerprint density at radius 3 is 2.82 bits per heavy atom. The molecule has 0 unspecified atom stereocenters. The molecule has 1 atom stereocenters. The number of benzene rings is 1. The summed E-state index contributed by atoms with van der Waals surface area (Å²) in [6, 6.07) is 4.15. The lowest BCUT2D eigenvalue weighted by molar-refractivity contribution is 0.0170. The van der Waals surface area contributed by atoms with Crippen LogP contribution in [-0.2, 0) is 10.0 Å². The first-order chi connectivity index (χ1) is 10.2. The molecule has 0 saturated carbocycles. The second kappa shape index (κ2) is 6.33. The summed E-state index contributed by atoms with van der Waals surface area (Å²) in [4.78, 5) is 12.1. The maximum Gasteiger partial charge on any atom is 0.251 e. The van der Waals surface area contributed by atoms with Crippen molar-refractivity contribution >= 4 is 15.9 Å². The van der Waals surface area contributed by atoms with Gasteiger partial charge in [0.2, 0.25) is 10.0 Å². The highest BCUT2D eigenvalue weighted by Crippen LogP contribution is 2.17. The van der Waals surface area contributed by atoms with Crippen LogP contribution in [0.25, 0.3) is 0 Å². The predicted octanol–water partition coefficient (Wildman–Crippen LogP) is -0.513. The molecule has 22 heavy (non-hydrogen) atoms. The summed E-state index contributed by atoms with van der Waals surface area (Å²) in [5, 5.41) is 21.2. The normalized spacial score (nSPS) is 22.3. The molecule has 122 valence electrons. The molecule has 1 aromatic rings. The van der Waals surface area contributed by atoms with Crippen molar-refractivity contribution < 1.29 is 18.3 Å². The van der Waals surface area contributed by atoms with E-state index in [1.807, 2.05) is 0 Å². The highest BCUT2D eigenvalue weighted by Gasteiger charge is 2.29. The van der Waals surface area contributed by atoms with Gasteiger partial charge in [-0.15, -0.1) is 0 Å². The third-order valence-corrected chi connectivity index (χ3v) is 4.72. The lowest BCUT2D eigenvalue weighted by Gasteiger charge is -2.32. The Hall–Kier alpha value is -1.48. The maximum atomic E-state index is 12.3. The molecule has 1 aliphatic heterocycles. The lowest BCUT2D eigenvalue weighted by Crippen LogP contribution is -2.52. The zero-order valence-electron chi connectivity index (χ0n) is 12.4. The molecular formula is C14H21N3O4S. The van der Waals surface area contributed by atoms with Crippen LogP contribution in [0.2, 0.25) is 0 Å². The van der Waals surface area contributed by atoms with E-state index in [0.717, 1.165) is 13.0 Å². The van der Waals surface area contributed by atoms with Crippen molar-refractivity contribution in [3.8, 4) is 0 Å². The number of carbonyl (C=O) groups excluding carboxylic acids is 1. The summed E-state index contributed by atoms with van der Waals surface area (Å²) in [6.45, 7) is 3.09. The lowest BCUT2D eigenvalue weighted by atomic mass is 9.94. The SMILES string of the molecule is Cc1ccc(S(N)(=O)=O)cc1C(=O)NC[C@]1(O)CCCNC1. The zero-order chi connectivity index (χ0) is 16.4. The molecule has 1 aromatic carbocycles. The number of carbonyl (C=O) groups is 1. The van der Waals surface area contributed by atoms with E-state index in [-0.39, 0.29) is 17.0 Å². The number of aliphatic hydroxyl groups is 1. The summed E-state index contributed by atoms with van der Waals surface area (Å²) in [7, 11) is -3.86. The van der Waals surface area contributed by atoms with Crippen molar-refractivity contribution in [3.63, 3.8) is 0 Å². The molecule has 2 rings (SSSR count). The van der Waals surface area contributed by atoms with Crippen LogP contribution in [0.5, 0.6) is 0 Å². The topological polar surface area (TPSA) is 122 Å². The van der Waals surface area contributed by atoms with Gasteiger partial charge in [-0.05, 0) is 44.0 Å². The molecule has 0 bridgehead atoms. The first-order valence-corrected chi connectivity index (χ1v) is 8.61. The standard InChI is InChI=1S/C14H21N3O4S/c1-10-3-4-11(22(15,20)21)7-12(10)13(18)17-9-14(19)5-2-6-16-8-14/h3-4,7,16,19H,2,5-6,8-9H2,1H3,(H,17,18)(H2,15,20,21)/t14-/m0/s1. The fraction of sp³-hybridized carbons (Fsp3) is 0.500. The molecule has 0 aromatic heterocycles. The predicted molar refractivity (Wildman–Crippen MR) is 81.9 cm³/mol. The molecule has 0 spiro atoms. The van der Waals surface area contributed by atoms with E-state index < -0.39 is 21.5 Å². The zero-order valence-corrected chi connectivity index (χ0v) is 13.2. The van der Waals surface area contributed by atoms with Gasteiger partial charge in [0.1, 0.15) is 0 Å². The molecule has 1 aliphatic rings. The van der Waals surface area contributed by atoms with Crippen LogP contribution >= 0.6 is 0 Å². The van der Waals surface area contributed by atoms with Gasteiger partial charge in [-0.25, -0.2) is 13.6 Å². The molecule has 8 heteroatoms. The number of primary sulfonamides is 1. The Morgan fingerprint density at radius 2 is 2.23 bits per heavy atom. The number of hydrogen-bond donors (Lipinski definition) is 4. The van der Waals surface area contributed by atoms with Crippen LogP contribution in [0.3, 0.4) is 0 Å². The maximum absolute atomic E-state index is 12.3. The second-order valence-corrected chi connectivity index (χ2v) is 7.27. The van der Waals surface area contributed by atoms with Gasteiger partial charge in [0.25, 0.3) is 5.91 Å². The van der Waals surface area contributed by atoms with Crippen LogP contribution < -0.4 is 15.8 Å². The fourth-order valence-corrected chi connectivity index (χ4v) is 3.01. The Labute approximate surface area is 130 Å². The summed E-state index contributed by atoms with van der Waals surface area (Å²) in [5.41, 5.74) is -0.100. The minimum atomic E-state index is -3.86. The first-order valence-electron chi connectivity index (χ1n) is 7.06. The number of amides is 1. The number of hydrogen-bond acceptors (Lipinski definition) is 5. The quantitative estimate of drug-likeness (QED) is 0.593. The monoisotopic (exact) mass is 327 g/mol. The van der Waals surface area contributed by atoms with Gasteiger partial charge in [0.05, 0.1) is 10.5 Å². The molecule has 1 fully saturated rings. The van der Waals surface area contributed by atoms with Gasteiger partial charge >= 0.3 is 0 Å². The van der Waals surface area contributed by atoms with Crippen molar-refractivity contribution in [2.75, 3.05) is 19.6 Å². The molecular weight excluding hydrogens is 306 g/mol. The Bertz CT molecular complexity index is 667. The van der Waals surface area contributed by atoms with E-state index in [1.165, 1.54) is 18.2 Å². The van der Waals surface area contributed by atoms with Crippen LogP contribution in [0.1, 0.15) is 28.8 Å². The van der Waals surface area contributed by atoms with Crippen LogP contribution in [0.4, 0.5) is 0 Å². The van der Waals surface area contributed by atoms with E-state index >= 15 is 0 Å². The minimum Gasteiger partial charge on any atom is -0.387 e. The number of β-amino-alcohol motifs (C(OH)–C–C–N with tert-alkyl or cyclic N) is 1. The molecule has 0 radical (unpaired) electrons. The van der Waals surface area contributed by atoms with E-state index in [1.54, 1.807) is 6.92 Å². The number of piperidine rings is 1. The average molecular weight is 327 g/mol. The number of nitrogens with two attached hydrogens (primary N) is 1. The van der Waals surface area contributed by atoms with E-state index in [9.17, 15) is 18.3 Å². The highest BCUT2D eigenvalue weighted by molar-refractivity contribution is 7.89. The highest BCUT2D eigenvalue weighted by atomic mass is 32.2. The van der Waals surface area contributed by atoms with Gasteiger partial charge in [-0.3, -0.25) is 4.79 Å². The third kappa shape index (κ3) is 4.04. The molecule has 0 aliphatic carbocycles. The summed E-state index contributed by atoms with van der Waals surface area (Å²) in [5.74, 6) is -0.429. The largest absolute Gasteiger partial charge is 0.387 e.